The monoisotopic (exact) mass is 181 g/mol. The largest absolute Gasteiger partial charge is 0.319 e. The summed E-state index contributed by atoms with van der Waals surface area (Å²) in [6, 6.07) is 2.27. The van der Waals surface area contributed by atoms with Gasteiger partial charge in [0, 0.05) is 0 Å². The Morgan fingerprint density at radius 3 is 3.00 bits per heavy atom. The maximum absolute atomic E-state index is 3.26. The molecule has 1 fully saturated rings. The lowest BCUT2D eigenvalue weighted by molar-refractivity contribution is 0.251. The van der Waals surface area contributed by atoms with Gasteiger partial charge in [-0.25, -0.2) is 0 Å². The maximum atomic E-state index is 3.26. The molecule has 0 spiro atoms. The van der Waals surface area contributed by atoms with E-state index in [2.05, 4.69) is 22.1 Å². The quantitative estimate of drug-likeness (QED) is 0.755. The summed E-state index contributed by atoms with van der Waals surface area (Å²) < 4.78 is 0. The third-order valence-corrected chi connectivity index (χ3v) is 3.56. The van der Waals surface area contributed by atoms with E-state index in [4.69, 9.17) is 0 Å². The lowest BCUT2D eigenvalue weighted by Gasteiger charge is -2.36. The molecule has 2 rings (SSSR count). The van der Waals surface area contributed by atoms with Gasteiger partial charge in [0.15, 0.2) is 0 Å². The number of hydrogen-bond acceptors (Lipinski definition) is 2. The molecule has 0 bridgehead atoms. The van der Waals surface area contributed by atoms with Gasteiger partial charge in [-0.2, -0.15) is 11.3 Å². The molecule has 0 aliphatic heterocycles. The average Bonchev–Trinajstić information content (AvgIpc) is 2.51. The lowest BCUT2D eigenvalue weighted by Crippen LogP contribution is -2.31. The first-order valence-corrected chi connectivity index (χ1v) is 5.53. The summed E-state index contributed by atoms with van der Waals surface area (Å²) in [7, 11) is 2.04. The topological polar surface area (TPSA) is 12.0 Å². The molecule has 1 aromatic heterocycles. The minimum atomic E-state index is 0.851. The van der Waals surface area contributed by atoms with Crippen molar-refractivity contribution in [2.45, 2.75) is 18.8 Å². The normalized spacial score (nSPS) is 28.4. The molecule has 1 N–H and O–H groups in total. The Kier molecular flexibility index (Phi) is 2.47. The Bertz CT molecular complexity index is 230. The average molecular weight is 181 g/mol. The minimum Gasteiger partial charge on any atom is -0.319 e. The minimum absolute atomic E-state index is 0.851. The first kappa shape index (κ1) is 8.27. The zero-order valence-electron chi connectivity index (χ0n) is 7.42. The van der Waals surface area contributed by atoms with Gasteiger partial charge in [0.25, 0.3) is 0 Å². The summed E-state index contributed by atoms with van der Waals surface area (Å²) in [6.45, 7) is 1.18. The van der Waals surface area contributed by atoms with Crippen LogP contribution in [0.4, 0.5) is 0 Å². The number of thiophene rings is 1. The van der Waals surface area contributed by atoms with E-state index in [1.165, 1.54) is 19.4 Å². The van der Waals surface area contributed by atoms with Crippen molar-refractivity contribution in [1.29, 1.82) is 0 Å². The zero-order valence-corrected chi connectivity index (χ0v) is 8.23. The fourth-order valence-corrected chi connectivity index (χ4v) is 2.73. The number of nitrogens with one attached hydrogen (secondary N) is 1. The van der Waals surface area contributed by atoms with Crippen molar-refractivity contribution in [3.63, 3.8) is 0 Å². The molecular weight excluding hydrogens is 166 g/mol. The Balaban J connectivity index is 1.97. The standard InChI is InChI=1S/C10H15NS/c1-11-6-8-2-3-10(8)9-4-5-12-7-9/h4-5,7-8,10-11H,2-3,6H2,1H3. The van der Waals surface area contributed by atoms with Crippen LogP contribution in [0.2, 0.25) is 0 Å². The molecule has 0 saturated heterocycles. The highest BCUT2D eigenvalue weighted by Crippen LogP contribution is 2.42. The van der Waals surface area contributed by atoms with Crippen LogP contribution in [0.3, 0.4) is 0 Å². The molecule has 2 heteroatoms. The van der Waals surface area contributed by atoms with Crippen molar-refractivity contribution in [3.8, 4) is 0 Å². The smallest absolute Gasteiger partial charge is 0.00177 e. The van der Waals surface area contributed by atoms with E-state index in [0.717, 1.165) is 11.8 Å². The van der Waals surface area contributed by atoms with E-state index in [0.29, 0.717) is 0 Å². The van der Waals surface area contributed by atoms with Crippen molar-refractivity contribution < 1.29 is 0 Å². The molecule has 66 valence electrons. The third-order valence-electron chi connectivity index (χ3n) is 2.86. The molecule has 0 radical (unpaired) electrons. The van der Waals surface area contributed by atoms with Crippen molar-refractivity contribution in [2.24, 2.45) is 5.92 Å². The van der Waals surface area contributed by atoms with Gasteiger partial charge in [0.1, 0.15) is 0 Å². The molecule has 0 aromatic carbocycles. The van der Waals surface area contributed by atoms with E-state index in [-0.39, 0.29) is 0 Å². The molecule has 2 atom stereocenters. The Labute approximate surface area is 77.8 Å². The maximum Gasteiger partial charge on any atom is -0.00177 e. The molecule has 1 nitrogen and oxygen atoms in total. The van der Waals surface area contributed by atoms with Crippen LogP contribution in [0.25, 0.3) is 0 Å². The predicted molar refractivity (Wildman–Crippen MR) is 53.7 cm³/mol. The van der Waals surface area contributed by atoms with Gasteiger partial charge >= 0.3 is 0 Å². The molecule has 1 aliphatic carbocycles. The molecule has 1 aliphatic rings. The van der Waals surface area contributed by atoms with Gasteiger partial charge in [0.2, 0.25) is 0 Å². The Hall–Kier alpha value is -0.340. The van der Waals surface area contributed by atoms with Crippen LogP contribution in [-0.2, 0) is 0 Å². The number of hydrogen-bond donors (Lipinski definition) is 1. The van der Waals surface area contributed by atoms with Crippen LogP contribution >= 0.6 is 11.3 Å². The summed E-state index contributed by atoms with van der Waals surface area (Å²) >= 11 is 1.82. The van der Waals surface area contributed by atoms with E-state index in [9.17, 15) is 0 Å². The molecule has 12 heavy (non-hydrogen) atoms. The van der Waals surface area contributed by atoms with Gasteiger partial charge in [-0.15, -0.1) is 0 Å². The molecule has 1 saturated carbocycles. The molecule has 2 unspecified atom stereocenters. The molecule has 1 heterocycles. The van der Waals surface area contributed by atoms with Crippen molar-refractivity contribution in [3.05, 3.63) is 22.4 Å². The summed E-state index contributed by atoms with van der Waals surface area (Å²) in [6.07, 6.45) is 2.80. The second kappa shape index (κ2) is 3.58. The van der Waals surface area contributed by atoms with Crippen LogP contribution in [0, 0.1) is 5.92 Å². The lowest BCUT2D eigenvalue weighted by atomic mass is 9.71. The van der Waals surface area contributed by atoms with Gasteiger partial charge in [-0.3, -0.25) is 0 Å². The predicted octanol–water partition coefficient (Wildman–Crippen LogP) is 2.46. The summed E-state index contributed by atoms with van der Waals surface area (Å²) in [5.74, 6) is 1.74. The van der Waals surface area contributed by atoms with Crippen LogP contribution < -0.4 is 5.32 Å². The summed E-state index contributed by atoms with van der Waals surface area (Å²) in [5, 5.41) is 7.75. The van der Waals surface area contributed by atoms with E-state index >= 15 is 0 Å². The second-order valence-electron chi connectivity index (χ2n) is 3.56. The zero-order chi connectivity index (χ0) is 8.39. The third kappa shape index (κ3) is 1.41. The Morgan fingerprint density at radius 2 is 2.50 bits per heavy atom. The summed E-state index contributed by atoms with van der Waals surface area (Å²) in [4.78, 5) is 0. The highest BCUT2D eigenvalue weighted by molar-refractivity contribution is 7.07. The van der Waals surface area contributed by atoms with Crippen LogP contribution in [0.15, 0.2) is 16.8 Å². The Morgan fingerprint density at radius 1 is 1.58 bits per heavy atom. The second-order valence-corrected chi connectivity index (χ2v) is 4.34. The van der Waals surface area contributed by atoms with Gasteiger partial charge in [-0.1, -0.05) is 0 Å². The van der Waals surface area contributed by atoms with E-state index in [1.807, 2.05) is 18.4 Å². The van der Waals surface area contributed by atoms with Gasteiger partial charge in [0.05, 0.1) is 0 Å². The van der Waals surface area contributed by atoms with Gasteiger partial charge in [-0.05, 0) is 60.7 Å². The van der Waals surface area contributed by atoms with E-state index < -0.39 is 0 Å². The molecular formula is C10H15NS. The molecule has 1 aromatic rings. The highest BCUT2D eigenvalue weighted by Gasteiger charge is 2.31. The van der Waals surface area contributed by atoms with Crippen LogP contribution in [-0.4, -0.2) is 13.6 Å². The van der Waals surface area contributed by atoms with Crippen molar-refractivity contribution in [1.82, 2.24) is 5.32 Å². The van der Waals surface area contributed by atoms with Crippen molar-refractivity contribution >= 4 is 11.3 Å². The number of rotatable bonds is 3. The molecule has 0 amide bonds. The van der Waals surface area contributed by atoms with E-state index in [1.54, 1.807) is 5.56 Å². The van der Waals surface area contributed by atoms with Crippen LogP contribution in [0.1, 0.15) is 24.3 Å². The first-order valence-electron chi connectivity index (χ1n) is 4.58. The first-order chi connectivity index (χ1) is 5.92. The van der Waals surface area contributed by atoms with Crippen LogP contribution in [0.5, 0.6) is 0 Å². The van der Waals surface area contributed by atoms with Crippen molar-refractivity contribution in [2.75, 3.05) is 13.6 Å². The fraction of sp³-hybridized carbons (Fsp3) is 0.600. The highest BCUT2D eigenvalue weighted by atomic mass is 32.1. The van der Waals surface area contributed by atoms with Gasteiger partial charge < -0.3 is 5.32 Å². The fourth-order valence-electron chi connectivity index (χ4n) is 2.00. The SMILES string of the molecule is CNCC1CCC1c1ccsc1. The summed E-state index contributed by atoms with van der Waals surface area (Å²) in [5.41, 5.74) is 1.56.